The van der Waals surface area contributed by atoms with Gasteiger partial charge in [-0.1, -0.05) is 0 Å². The Kier molecular flexibility index (Phi) is 5.13. The van der Waals surface area contributed by atoms with Crippen LogP contribution in [0.15, 0.2) is 30.5 Å². The Labute approximate surface area is 173 Å². The Morgan fingerprint density at radius 3 is 2.83 bits per heavy atom. The number of aromatic nitrogens is 4. The van der Waals surface area contributed by atoms with Crippen LogP contribution in [0.1, 0.15) is 17.0 Å². The second-order valence-corrected chi connectivity index (χ2v) is 6.98. The van der Waals surface area contributed by atoms with Crippen LogP contribution in [0, 0.1) is 6.92 Å². The van der Waals surface area contributed by atoms with Crippen LogP contribution >= 0.6 is 0 Å². The van der Waals surface area contributed by atoms with Gasteiger partial charge in [-0.2, -0.15) is 10.1 Å². The predicted molar refractivity (Wildman–Crippen MR) is 112 cm³/mol. The number of carboxylic acid groups (broad SMARTS) is 1. The van der Waals surface area contributed by atoms with Gasteiger partial charge in [-0.3, -0.25) is 0 Å². The van der Waals surface area contributed by atoms with Crippen LogP contribution in [0.5, 0.6) is 5.75 Å². The number of ether oxygens (including phenoxy) is 1. The number of hydrogen-bond acceptors (Lipinski definition) is 7. The van der Waals surface area contributed by atoms with Crippen molar-refractivity contribution in [3.05, 3.63) is 47.4 Å². The smallest absolute Gasteiger partial charge is 0.407 e. The molecule has 156 valence electrons. The SMILES string of the molecule is CNc1cc(C)nc(Nc2ccc(OC)c(-n3cc4c(n3)CN(C(=O)O)CC4)c2)n1. The van der Waals surface area contributed by atoms with E-state index >= 15 is 0 Å². The van der Waals surface area contributed by atoms with E-state index in [0.29, 0.717) is 24.7 Å². The van der Waals surface area contributed by atoms with Crippen molar-refractivity contribution in [2.75, 3.05) is 31.3 Å². The number of amides is 1. The molecule has 3 N–H and O–H groups in total. The van der Waals surface area contributed by atoms with E-state index in [4.69, 9.17) is 4.74 Å². The van der Waals surface area contributed by atoms with Gasteiger partial charge in [-0.15, -0.1) is 0 Å². The zero-order valence-corrected chi connectivity index (χ0v) is 17.0. The minimum Gasteiger partial charge on any atom is -0.494 e. The van der Waals surface area contributed by atoms with Crippen molar-refractivity contribution in [3.8, 4) is 11.4 Å². The average Bonchev–Trinajstić information content (AvgIpc) is 3.16. The summed E-state index contributed by atoms with van der Waals surface area (Å²) >= 11 is 0. The molecule has 3 aromatic rings. The molecule has 30 heavy (non-hydrogen) atoms. The average molecular weight is 409 g/mol. The fourth-order valence-electron chi connectivity index (χ4n) is 3.42. The lowest BCUT2D eigenvalue weighted by atomic mass is 10.1. The Morgan fingerprint density at radius 1 is 1.27 bits per heavy atom. The van der Waals surface area contributed by atoms with Crippen LogP contribution in [0.2, 0.25) is 0 Å². The number of nitrogens with one attached hydrogen (secondary N) is 2. The van der Waals surface area contributed by atoms with E-state index in [1.54, 1.807) is 11.8 Å². The van der Waals surface area contributed by atoms with Gasteiger partial charge in [-0.05, 0) is 37.1 Å². The predicted octanol–water partition coefficient (Wildman–Crippen LogP) is 2.80. The van der Waals surface area contributed by atoms with Crippen LogP contribution in [-0.2, 0) is 13.0 Å². The van der Waals surface area contributed by atoms with E-state index in [2.05, 4.69) is 25.7 Å². The van der Waals surface area contributed by atoms with Gasteiger partial charge in [0.05, 0.1) is 19.3 Å². The number of anilines is 3. The zero-order chi connectivity index (χ0) is 21.3. The quantitative estimate of drug-likeness (QED) is 0.589. The molecule has 0 radical (unpaired) electrons. The Balaban J connectivity index is 1.66. The highest BCUT2D eigenvalue weighted by Gasteiger charge is 2.23. The molecule has 0 atom stereocenters. The molecule has 2 aromatic heterocycles. The third-order valence-corrected chi connectivity index (χ3v) is 4.93. The van der Waals surface area contributed by atoms with E-state index < -0.39 is 6.09 Å². The standard InChI is InChI=1S/C20H23N7O3/c1-12-8-18(21-2)24-19(22-12)23-14-4-5-17(30-3)16(9-14)27-10-13-6-7-26(20(28)29)11-15(13)25-27/h4-5,8-10H,6-7,11H2,1-3H3,(H,28,29)(H2,21,22,23,24). The molecular weight excluding hydrogens is 386 g/mol. The number of carbonyl (C=O) groups is 1. The lowest BCUT2D eigenvalue weighted by Crippen LogP contribution is -2.34. The molecule has 0 saturated heterocycles. The summed E-state index contributed by atoms with van der Waals surface area (Å²) in [4.78, 5) is 21.5. The number of hydrogen-bond donors (Lipinski definition) is 3. The second kappa shape index (κ2) is 7.90. The van der Waals surface area contributed by atoms with Crippen molar-refractivity contribution < 1.29 is 14.6 Å². The fraction of sp³-hybridized carbons (Fsp3) is 0.300. The monoisotopic (exact) mass is 409 g/mol. The third-order valence-electron chi connectivity index (χ3n) is 4.93. The highest BCUT2D eigenvalue weighted by molar-refractivity contribution is 5.66. The largest absolute Gasteiger partial charge is 0.494 e. The first-order chi connectivity index (χ1) is 14.5. The van der Waals surface area contributed by atoms with Crippen molar-refractivity contribution in [1.82, 2.24) is 24.6 Å². The minimum absolute atomic E-state index is 0.280. The molecule has 0 spiro atoms. The molecule has 10 heteroatoms. The van der Waals surface area contributed by atoms with Gasteiger partial charge in [0.1, 0.15) is 17.3 Å². The number of rotatable bonds is 5. The normalized spacial score (nSPS) is 13.0. The number of aryl methyl sites for hydroxylation is 1. The molecule has 0 unspecified atom stereocenters. The van der Waals surface area contributed by atoms with Crippen molar-refractivity contribution in [2.45, 2.75) is 19.9 Å². The van der Waals surface area contributed by atoms with E-state index in [9.17, 15) is 9.90 Å². The highest BCUT2D eigenvalue weighted by Crippen LogP contribution is 2.29. The minimum atomic E-state index is -0.932. The highest BCUT2D eigenvalue weighted by atomic mass is 16.5. The molecule has 0 bridgehead atoms. The van der Waals surface area contributed by atoms with Gasteiger partial charge < -0.3 is 25.4 Å². The van der Waals surface area contributed by atoms with E-state index in [0.717, 1.165) is 34.1 Å². The molecule has 1 amide bonds. The lowest BCUT2D eigenvalue weighted by molar-refractivity contribution is 0.139. The maximum absolute atomic E-state index is 11.3. The van der Waals surface area contributed by atoms with Crippen LogP contribution < -0.4 is 15.4 Å². The molecule has 1 aromatic carbocycles. The number of nitrogens with zero attached hydrogens (tertiary/aromatic N) is 5. The topological polar surface area (TPSA) is 117 Å². The van der Waals surface area contributed by atoms with Crippen LogP contribution in [-0.4, -0.2) is 56.6 Å². The Hall–Kier alpha value is -3.82. The molecule has 4 rings (SSSR count). The number of methoxy groups -OCH3 is 1. The summed E-state index contributed by atoms with van der Waals surface area (Å²) in [6.07, 6.45) is 1.63. The summed E-state index contributed by atoms with van der Waals surface area (Å²) < 4.78 is 7.25. The maximum atomic E-state index is 11.3. The summed E-state index contributed by atoms with van der Waals surface area (Å²) in [6, 6.07) is 7.48. The van der Waals surface area contributed by atoms with Crippen LogP contribution in [0.25, 0.3) is 5.69 Å². The van der Waals surface area contributed by atoms with Gasteiger partial charge >= 0.3 is 6.09 Å². The third kappa shape index (κ3) is 3.84. The van der Waals surface area contributed by atoms with Crippen molar-refractivity contribution in [3.63, 3.8) is 0 Å². The van der Waals surface area contributed by atoms with Gasteiger partial charge in [-0.25, -0.2) is 14.5 Å². The molecule has 1 aliphatic rings. The van der Waals surface area contributed by atoms with Crippen molar-refractivity contribution in [2.24, 2.45) is 0 Å². The first-order valence-corrected chi connectivity index (χ1v) is 9.51. The zero-order valence-electron chi connectivity index (χ0n) is 17.0. The molecular formula is C20H23N7O3. The van der Waals surface area contributed by atoms with Gasteiger partial charge in [0.25, 0.3) is 0 Å². The summed E-state index contributed by atoms with van der Waals surface area (Å²) in [7, 11) is 3.41. The molecule has 3 heterocycles. The van der Waals surface area contributed by atoms with Gasteiger partial charge in [0.2, 0.25) is 5.95 Å². The Morgan fingerprint density at radius 2 is 2.10 bits per heavy atom. The van der Waals surface area contributed by atoms with E-state index in [1.807, 2.05) is 44.4 Å². The van der Waals surface area contributed by atoms with Crippen molar-refractivity contribution >= 4 is 23.5 Å². The molecule has 0 saturated carbocycles. The summed E-state index contributed by atoms with van der Waals surface area (Å²) in [5.74, 6) is 1.85. The lowest BCUT2D eigenvalue weighted by Gasteiger charge is -2.22. The first-order valence-electron chi connectivity index (χ1n) is 9.51. The Bertz CT molecular complexity index is 1100. The van der Waals surface area contributed by atoms with Gasteiger partial charge in [0, 0.05) is 37.2 Å². The summed E-state index contributed by atoms with van der Waals surface area (Å²) in [5, 5.41) is 20.1. The van der Waals surface area contributed by atoms with E-state index in [1.165, 1.54) is 4.90 Å². The van der Waals surface area contributed by atoms with Crippen LogP contribution in [0.4, 0.5) is 22.2 Å². The van der Waals surface area contributed by atoms with E-state index in [-0.39, 0.29) is 6.54 Å². The first kappa shape index (κ1) is 19.5. The number of benzene rings is 1. The maximum Gasteiger partial charge on any atom is 0.407 e. The summed E-state index contributed by atoms with van der Waals surface area (Å²) in [5.41, 5.74) is 4.14. The summed E-state index contributed by atoms with van der Waals surface area (Å²) in [6.45, 7) is 2.65. The second-order valence-electron chi connectivity index (χ2n) is 6.98. The van der Waals surface area contributed by atoms with Crippen LogP contribution in [0.3, 0.4) is 0 Å². The fourth-order valence-corrected chi connectivity index (χ4v) is 3.42. The number of fused-ring (bicyclic) bond motifs is 1. The molecule has 0 fully saturated rings. The molecule has 0 aliphatic carbocycles. The molecule has 10 nitrogen and oxygen atoms in total. The molecule has 1 aliphatic heterocycles. The van der Waals surface area contributed by atoms with Crippen molar-refractivity contribution in [1.29, 1.82) is 0 Å². The van der Waals surface area contributed by atoms with Gasteiger partial charge in [0.15, 0.2) is 0 Å².